The first kappa shape index (κ1) is 22.8. The maximum atomic E-state index is 13.7. The quantitative estimate of drug-likeness (QED) is 0.520. The van der Waals surface area contributed by atoms with Gasteiger partial charge in [0.25, 0.3) is 5.91 Å². The van der Waals surface area contributed by atoms with Crippen LogP contribution in [0.3, 0.4) is 0 Å². The summed E-state index contributed by atoms with van der Waals surface area (Å²) in [7, 11) is 1.66. The molecule has 2 aromatic carbocycles. The monoisotopic (exact) mass is 455 g/mol. The van der Waals surface area contributed by atoms with Crippen LogP contribution in [-0.2, 0) is 4.79 Å². The van der Waals surface area contributed by atoms with Crippen molar-refractivity contribution in [3.05, 3.63) is 65.4 Å². The van der Waals surface area contributed by atoms with Crippen LogP contribution in [0.5, 0.6) is 5.75 Å². The minimum atomic E-state index is -0.903. The van der Waals surface area contributed by atoms with Gasteiger partial charge in [0.2, 0.25) is 5.91 Å². The number of methoxy groups -OCH3 is 1. The van der Waals surface area contributed by atoms with Crippen LogP contribution in [0.15, 0.2) is 42.6 Å². The van der Waals surface area contributed by atoms with Crippen LogP contribution in [0.1, 0.15) is 47.5 Å². The standard InChI is InChI=1S/C25H27F2N3O3/c1-33-18-5-7-23-20(14-18)21(15-29-23)16-8-11-30(12-9-16)24(31)3-2-10-28-25(32)19-6-4-17(26)13-22(19)27/h4-7,13-16,29H,2-3,8-12H2,1H3,(H,28,32). The summed E-state index contributed by atoms with van der Waals surface area (Å²) in [6, 6.07) is 8.82. The molecule has 1 aliphatic heterocycles. The van der Waals surface area contributed by atoms with Crippen LogP contribution in [0.2, 0.25) is 0 Å². The first-order chi connectivity index (χ1) is 16.0. The molecule has 174 valence electrons. The maximum absolute atomic E-state index is 13.7. The second kappa shape index (κ2) is 10.0. The lowest BCUT2D eigenvalue weighted by Crippen LogP contribution is -2.38. The summed E-state index contributed by atoms with van der Waals surface area (Å²) in [5, 5.41) is 3.74. The van der Waals surface area contributed by atoms with E-state index in [1.54, 1.807) is 7.11 Å². The third-order valence-corrected chi connectivity index (χ3v) is 6.24. The molecular formula is C25H27F2N3O3. The number of benzene rings is 2. The molecule has 1 aliphatic rings. The highest BCUT2D eigenvalue weighted by Crippen LogP contribution is 2.34. The fourth-order valence-electron chi connectivity index (χ4n) is 4.39. The molecule has 0 atom stereocenters. The van der Waals surface area contributed by atoms with Gasteiger partial charge in [-0.25, -0.2) is 8.78 Å². The number of nitrogens with zero attached hydrogens (tertiary/aromatic N) is 1. The second-order valence-corrected chi connectivity index (χ2v) is 8.29. The minimum Gasteiger partial charge on any atom is -0.497 e. The average Bonchev–Trinajstić information content (AvgIpc) is 3.24. The van der Waals surface area contributed by atoms with E-state index in [9.17, 15) is 18.4 Å². The van der Waals surface area contributed by atoms with Crippen molar-refractivity contribution >= 4 is 22.7 Å². The molecule has 1 saturated heterocycles. The first-order valence-electron chi connectivity index (χ1n) is 11.1. The molecule has 0 unspecified atom stereocenters. The van der Waals surface area contributed by atoms with Crippen molar-refractivity contribution in [3.63, 3.8) is 0 Å². The highest BCUT2D eigenvalue weighted by atomic mass is 19.1. The number of hydrogen-bond acceptors (Lipinski definition) is 3. The number of carbonyl (C=O) groups excluding carboxylic acids is 2. The summed E-state index contributed by atoms with van der Waals surface area (Å²) in [5.74, 6) is -1.000. The largest absolute Gasteiger partial charge is 0.497 e. The van der Waals surface area contributed by atoms with Gasteiger partial charge in [-0.1, -0.05) is 0 Å². The van der Waals surface area contributed by atoms with Gasteiger partial charge in [-0.3, -0.25) is 9.59 Å². The number of fused-ring (bicyclic) bond motifs is 1. The molecule has 6 nitrogen and oxygen atoms in total. The Morgan fingerprint density at radius 2 is 1.94 bits per heavy atom. The van der Waals surface area contributed by atoms with Gasteiger partial charge in [0.15, 0.2) is 0 Å². The Morgan fingerprint density at radius 3 is 2.67 bits per heavy atom. The number of aromatic amines is 1. The Balaban J connectivity index is 1.23. The van der Waals surface area contributed by atoms with Crippen molar-refractivity contribution in [2.75, 3.05) is 26.7 Å². The van der Waals surface area contributed by atoms with Gasteiger partial charge in [0, 0.05) is 49.2 Å². The Labute approximate surface area is 190 Å². The summed E-state index contributed by atoms with van der Waals surface area (Å²) in [4.78, 5) is 29.8. The maximum Gasteiger partial charge on any atom is 0.254 e. The molecule has 2 heterocycles. The summed E-state index contributed by atoms with van der Waals surface area (Å²) < 4.78 is 32.0. The fourth-order valence-corrected chi connectivity index (χ4v) is 4.39. The second-order valence-electron chi connectivity index (χ2n) is 8.29. The van der Waals surface area contributed by atoms with E-state index in [-0.39, 0.29) is 18.0 Å². The van der Waals surface area contributed by atoms with Crippen molar-refractivity contribution in [1.29, 1.82) is 0 Å². The number of rotatable bonds is 7. The predicted molar refractivity (Wildman–Crippen MR) is 121 cm³/mol. The van der Waals surface area contributed by atoms with E-state index in [1.807, 2.05) is 23.1 Å². The summed E-state index contributed by atoms with van der Waals surface area (Å²) >= 11 is 0. The number of H-pyrrole nitrogens is 1. The van der Waals surface area contributed by atoms with Gasteiger partial charge >= 0.3 is 0 Å². The lowest BCUT2D eigenvalue weighted by molar-refractivity contribution is -0.132. The number of halogens is 2. The smallest absolute Gasteiger partial charge is 0.254 e. The number of carbonyl (C=O) groups is 2. The van der Waals surface area contributed by atoms with E-state index in [4.69, 9.17) is 4.74 Å². The van der Waals surface area contributed by atoms with Crippen LogP contribution in [0, 0.1) is 11.6 Å². The topological polar surface area (TPSA) is 74.4 Å². The Morgan fingerprint density at radius 1 is 1.15 bits per heavy atom. The highest BCUT2D eigenvalue weighted by Gasteiger charge is 2.25. The van der Waals surface area contributed by atoms with E-state index in [0.717, 1.165) is 41.6 Å². The zero-order chi connectivity index (χ0) is 23.4. The Kier molecular flexibility index (Phi) is 6.91. The van der Waals surface area contributed by atoms with Gasteiger partial charge in [0.05, 0.1) is 12.7 Å². The average molecular weight is 456 g/mol. The van der Waals surface area contributed by atoms with Crippen molar-refractivity contribution < 1.29 is 23.1 Å². The minimum absolute atomic E-state index is 0.0521. The zero-order valence-corrected chi connectivity index (χ0v) is 18.5. The Bertz CT molecular complexity index is 1150. The van der Waals surface area contributed by atoms with E-state index in [2.05, 4.69) is 16.5 Å². The highest BCUT2D eigenvalue weighted by molar-refractivity contribution is 5.94. The molecule has 2 N–H and O–H groups in total. The third kappa shape index (κ3) is 5.16. The number of aromatic nitrogens is 1. The third-order valence-electron chi connectivity index (χ3n) is 6.24. The van der Waals surface area contributed by atoms with Crippen LogP contribution in [-0.4, -0.2) is 48.4 Å². The molecule has 1 aromatic heterocycles. The van der Waals surface area contributed by atoms with Crippen molar-refractivity contribution in [2.45, 2.75) is 31.6 Å². The summed E-state index contributed by atoms with van der Waals surface area (Å²) in [5.41, 5.74) is 2.12. The number of hydrogen-bond donors (Lipinski definition) is 2. The van der Waals surface area contributed by atoms with E-state index in [0.29, 0.717) is 37.9 Å². The van der Waals surface area contributed by atoms with Gasteiger partial charge in [0.1, 0.15) is 17.4 Å². The molecule has 0 spiro atoms. The van der Waals surface area contributed by atoms with Crippen LogP contribution >= 0.6 is 0 Å². The SMILES string of the molecule is COc1ccc2[nH]cc(C3CCN(C(=O)CCCNC(=O)c4ccc(F)cc4F)CC3)c2c1. The molecule has 0 aliphatic carbocycles. The van der Waals surface area contributed by atoms with E-state index in [1.165, 1.54) is 5.56 Å². The number of amides is 2. The van der Waals surface area contributed by atoms with Crippen molar-refractivity contribution in [2.24, 2.45) is 0 Å². The Hall–Kier alpha value is -3.42. The number of piperidine rings is 1. The number of nitrogens with one attached hydrogen (secondary N) is 2. The molecule has 8 heteroatoms. The molecular weight excluding hydrogens is 428 g/mol. The van der Waals surface area contributed by atoms with E-state index < -0.39 is 17.5 Å². The fraction of sp³-hybridized carbons (Fsp3) is 0.360. The first-order valence-corrected chi connectivity index (χ1v) is 11.1. The summed E-state index contributed by atoms with van der Waals surface area (Å²) in [6.07, 6.45) is 4.59. The molecule has 2 amide bonds. The molecule has 0 bridgehead atoms. The molecule has 1 fully saturated rings. The normalized spacial score (nSPS) is 14.5. The van der Waals surface area contributed by atoms with Crippen LogP contribution in [0.25, 0.3) is 10.9 Å². The van der Waals surface area contributed by atoms with Gasteiger partial charge in [-0.2, -0.15) is 0 Å². The van der Waals surface area contributed by atoms with Crippen LogP contribution in [0.4, 0.5) is 8.78 Å². The molecule has 0 radical (unpaired) electrons. The molecule has 33 heavy (non-hydrogen) atoms. The molecule has 0 saturated carbocycles. The number of ether oxygens (including phenoxy) is 1. The van der Waals surface area contributed by atoms with Gasteiger partial charge in [-0.15, -0.1) is 0 Å². The molecule has 4 rings (SSSR count). The molecule has 3 aromatic rings. The lowest BCUT2D eigenvalue weighted by atomic mass is 9.89. The number of likely N-dealkylation sites (tertiary alicyclic amines) is 1. The van der Waals surface area contributed by atoms with Crippen molar-refractivity contribution in [1.82, 2.24) is 15.2 Å². The van der Waals surface area contributed by atoms with Gasteiger partial charge < -0.3 is 19.9 Å². The summed E-state index contributed by atoms with van der Waals surface area (Å²) in [6.45, 7) is 1.62. The van der Waals surface area contributed by atoms with Crippen LogP contribution < -0.4 is 10.1 Å². The van der Waals surface area contributed by atoms with Gasteiger partial charge in [-0.05, 0) is 61.1 Å². The van der Waals surface area contributed by atoms with Crippen molar-refractivity contribution in [3.8, 4) is 5.75 Å². The zero-order valence-electron chi connectivity index (χ0n) is 18.5. The lowest BCUT2D eigenvalue weighted by Gasteiger charge is -2.32. The predicted octanol–water partition coefficient (Wildman–Crippen LogP) is 4.37. The van der Waals surface area contributed by atoms with E-state index >= 15 is 0 Å².